The Morgan fingerprint density at radius 1 is 1.18 bits per heavy atom. The van der Waals surface area contributed by atoms with Gasteiger partial charge in [-0.25, -0.2) is 0 Å². The van der Waals surface area contributed by atoms with Crippen LogP contribution in [0.15, 0.2) is 48.5 Å². The minimum Gasteiger partial charge on any atom is -0.497 e. The van der Waals surface area contributed by atoms with Gasteiger partial charge in [-0.2, -0.15) is 0 Å². The van der Waals surface area contributed by atoms with Crippen LogP contribution in [0, 0.1) is 0 Å². The van der Waals surface area contributed by atoms with Crippen LogP contribution in [0.1, 0.15) is 17.3 Å². The van der Waals surface area contributed by atoms with Gasteiger partial charge in [-0.05, 0) is 43.3 Å². The summed E-state index contributed by atoms with van der Waals surface area (Å²) in [4.78, 5) is 26.6. The maximum atomic E-state index is 12.6. The number of hydrogen-bond acceptors (Lipinski definition) is 5. The van der Waals surface area contributed by atoms with Crippen molar-refractivity contribution in [3.05, 3.63) is 54.1 Å². The standard InChI is InChI=1S/C21H25N3O4/c1-15-13-22-10-11-24(15)21(26)16-6-8-18(9-7-16)28-14-20(25)23-17-4-3-5-19(12-17)27-2/h3-9,12,15,22H,10-11,13-14H2,1-2H3,(H,23,25)/t15-/m1/s1. The molecule has 2 aromatic carbocycles. The van der Waals surface area contributed by atoms with E-state index in [-0.39, 0.29) is 24.5 Å². The molecule has 2 amide bonds. The predicted molar refractivity (Wildman–Crippen MR) is 107 cm³/mol. The Hall–Kier alpha value is -3.06. The van der Waals surface area contributed by atoms with E-state index in [1.165, 1.54) is 0 Å². The number of methoxy groups -OCH3 is 1. The van der Waals surface area contributed by atoms with Crippen molar-refractivity contribution in [1.29, 1.82) is 0 Å². The van der Waals surface area contributed by atoms with Gasteiger partial charge in [0.15, 0.2) is 6.61 Å². The predicted octanol–water partition coefficient (Wildman–Crippen LogP) is 2.15. The Balaban J connectivity index is 1.52. The summed E-state index contributed by atoms with van der Waals surface area (Å²) in [6.07, 6.45) is 0. The first kappa shape index (κ1) is 19.7. The third kappa shape index (κ3) is 5.01. The fraction of sp³-hybridized carbons (Fsp3) is 0.333. The van der Waals surface area contributed by atoms with Gasteiger partial charge in [-0.3, -0.25) is 9.59 Å². The Morgan fingerprint density at radius 2 is 1.96 bits per heavy atom. The van der Waals surface area contributed by atoms with Crippen LogP contribution < -0.4 is 20.1 Å². The summed E-state index contributed by atoms with van der Waals surface area (Å²) in [5, 5.41) is 6.03. The monoisotopic (exact) mass is 383 g/mol. The molecule has 0 unspecified atom stereocenters. The molecule has 0 bridgehead atoms. The summed E-state index contributed by atoms with van der Waals surface area (Å²) in [6, 6.07) is 14.1. The van der Waals surface area contributed by atoms with Crippen LogP contribution in [0.5, 0.6) is 11.5 Å². The summed E-state index contributed by atoms with van der Waals surface area (Å²) in [7, 11) is 1.57. The molecule has 1 saturated heterocycles. The minimum absolute atomic E-state index is 0.0105. The van der Waals surface area contributed by atoms with Crippen LogP contribution in [0.3, 0.4) is 0 Å². The number of nitrogens with one attached hydrogen (secondary N) is 2. The normalized spacial score (nSPS) is 16.4. The number of piperazine rings is 1. The quantitative estimate of drug-likeness (QED) is 0.799. The maximum Gasteiger partial charge on any atom is 0.262 e. The Kier molecular flexibility index (Phi) is 6.49. The highest BCUT2D eigenvalue weighted by molar-refractivity contribution is 5.94. The highest BCUT2D eigenvalue weighted by Crippen LogP contribution is 2.18. The van der Waals surface area contributed by atoms with Gasteiger partial charge in [0, 0.05) is 43.0 Å². The van der Waals surface area contributed by atoms with Crippen molar-refractivity contribution in [2.75, 3.05) is 38.7 Å². The molecule has 1 aliphatic heterocycles. The lowest BCUT2D eigenvalue weighted by molar-refractivity contribution is -0.118. The first-order chi connectivity index (χ1) is 13.6. The number of ether oxygens (including phenoxy) is 2. The molecule has 1 aliphatic rings. The lowest BCUT2D eigenvalue weighted by atomic mass is 10.1. The van der Waals surface area contributed by atoms with Gasteiger partial charge in [-0.1, -0.05) is 6.07 Å². The molecule has 1 fully saturated rings. The second-order valence-corrected chi connectivity index (χ2v) is 6.64. The molecule has 0 saturated carbocycles. The maximum absolute atomic E-state index is 12.6. The van der Waals surface area contributed by atoms with Crippen molar-refractivity contribution < 1.29 is 19.1 Å². The number of anilines is 1. The molecule has 3 rings (SSSR count). The number of carbonyl (C=O) groups is 2. The van der Waals surface area contributed by atoms with Crippen LogP contribution >= 0.6 is 0 Å². The summed E-state index contributed by atoms with van der Waals surface area (Å²) in [6.45, 7) is 4.21. The molecule has 0 spiro atoms. The summed E-state index contributed by atoms with van der Waals surface area (Å²) >= 11 is 0. The highest BCUT2D eigenvalue weighted by Gasteiger charge is 2.23. The van der Waals surface area contributed by atoms with E-state index in [4.69, 9.17) is 9.47 Å². The topological polar surface area (TPSA) is 79.9 Å². The van der Waals surface area contributed by atoms with Gasteiger partial charge in [0.25, 0.3) is 11.8 Å². The van der Waals surface area contributed by atoms with Crippen molar-refractivity contribution >= 4 is 17.5 Å². The van der Waals surface area contributed by atoms with Crippen molar-refractivity contribution in [2.45, 2.75) is 13.0 Å². The third-order valence-electron chi connectivity index (χ3n) is 4.59. The fourth-order valence-electron chi connectivity index (χ4n) is 3.05. The summed E-state index contributed by atoms with van der Waals surface area (Å²) in [5.74, 6) is 0.933. The van der Waals surface area contributed by atoms with Gasteiger partial charge >= 0.3 is 0 Å². The summed E-state index contributed by atoms with van der Waals surface area (Å²) < 4.78 is 10.6. The zero-order chi connectivity index (χ0) is 19.9. The number of amides is 2. The zero-order valence-electron chi connectivity index (χ0n) is 16.1. The first-order valence-electron chi connectivity index (χ1n) is 9.25. The smallest absolute Gasteiger partial charge is 0.262 e. The number of carbonyl (C=O) groups excluding carboxylic acids is 2. The van der Waals surface area contributed by atoms with E-state index in [2.05, 4.69) is 10.6 Å². The molecule has 0 aromatic heterocycles. The lowest BCUT2D eigenvalue weighted by Gasteiger charge is -2.34. The van der Waals surface area contributed by atoms with Gasteiger partial charge < -0.3 is 25.0 Å². The Morgan fingerprint density at radius 3 is 2.68 bits per heavy atom. The Bertz CT molecular complexity index is 823. The Labute approximate surface area is 164 Å². The molecule has 28 heavy (non-hydrogen) atoms. The molecule has 1 atom stereocenters. The SMILES string of the molecule is COc1cccc(NC(=O)COc2ccc(C(=O)N3CCNC[C@H]3C)cc2)c1. The van der Waals surface area contributed by atoms with Crippen molar-refractivity contribution in [2.24, 2.45) is 0 Å². The van der Waals surface area contributed by atoms with E-state index in [1.807, 2.05) is 11.8 Å². The molecular weight excluding hydrogens is 358 g/mol. The van der Waals surface area contributed by atoms with Crippen LogP contribution in [-0.4, -0.2) is 56.1 Å². The van der Waals surface area contributed by atoms with E-state index in [0.717, 1.165) is 13.1 Å². The van der Waals surface area contributed by atoms with Crippen LogP contribution in [0.4, 0.5) is 5.69 Å². The van der Waals surface area contributed by atoms with Gasteiger partial charge in [0.2, 0.25) is 0 Å². The number of benzene rings is 2. The number of nitrogens with zero attached hydrogens (tertiary/aromatic N) is 1. The van der Waals surface area contributed by atoms with Gasteiger partial charge in [-0.15, -0.1) is 0 Å². The average molecular weight is 383 g/mol. The number of hydrogen-bond donors (Lipinski definition) is 2. The van der Waals surface area contributed by atoms with E-state index < -0.39 is 0 Å². The fourth-order valence-corrected chi connectivity index (χ4v) is 3.05. The summed E-state index contributed by atoms with van der Waals surface area (Å²) in [5.41, 5.74) is 1.25. The second-order valence-electron chi connectivity index (χ2n) is 6.64. The molecular formula is C21H25N3O4. The van der Waals surface area contributed by atoms with Crippen LogP contribution in [-0.2, 0) is 4.79 Å². The van der Waals surface area contributed by atoms with Gasteiger partial charge in [0.05, 0.1) is 7.11 Å². The first-order valence-corrected chi connectivity index (χ1v) is 9.25. The van der Waals surface area contributed by atoms with E-state index in [9.17, 15) is 9.59 Å². The van der Waals surface area contributed by atoms with E-state index in [0.29, 0.717) is 29.3 Å². The van der Waals surface area contributed by atoms with Gasteiger partial charge in [0.1, 0.15) is 11.5 Å². The lowest BCUT2D eigenvalue weighted by Crippen LogP contribution is -2.52. The molecule has 0 radical (unpaired) electrons. The average Bonchev–Trinajstić information content (AvgIpc) is 2.72. The van der Waals surface area contributed by atoms with Crippen molar-refractivity contribution in [3.63, 3.8) is 0 Å². The van der Waals surface area contributed by atoms with E-state index >= 15 is 0 Å². The van der Waals surface area contributed by atoms with Crippen molar-refractivity contribution in [1.82, 2.24) is 10.2 Å². The molecule has 2 N–H and O–H groups in total. The van der Waals surface area contributed by atoms with Crippen molar-refractivity contribution in [3.8, 4) is 11.5 Å². The van der Waals surface area contributed by atoms with Crippen LogP contribution in [0.25, 0.3) is 0 Å². The molecule has 1 heterocycles. The molecule has 7 nitrogen and oxygen atoms in total. The number of rotatable bonds is 6. The third-order valence-corrected chi connectivity index (χ3v) is 4.59. The molecule has 148 valence electrons. The molecule has 7 heteroatoms. The minimum atomic E-state index is -0.275. The van der Waals surface area contributed by atoms with E-state index in [1.54, 1.807) is 55.6 Å². The molecule has 0 aliphatic carbocycles. The second kappa shape index (κ2) is 9.23. The highest BCUT2D eigenvalue weighted by atomic mass is 16.5. The zero-order valence-corrected chi connectivity index (χ0v) is 16.1. The van der Waals surface area contributed by atoms with Crippen LogP contribution in [0.2, 0.25) is 0 Å². The molecule has 2 aromatic rings. The largest absolute Gasteiger partial charge is 0.497 e.